The van der Waals surface area contributed by atoms with E-state index in [0.29, 0.717) is 40.9 Å². The fourth-order valence-corrected chi connectivity index (χ4v) is 2.39. The largest absolute Gasteiger partial charge is 0.486 e. The van der Waals surface area contributed by atoms with Gasteiger partial charge in [0.25, 0.3) is 0 Å². The maximum absolute atomic E-state index is 13.8. The number of halogens is 2. The lowest BCUT2D eigenvalue weighted by Gasteiger charge is -2.20. The molecule has 0 bridgehead atoms. The number of hydrogen-bond donors (Lipinski definition) is 0. The highest BCUT2D eigenvalue weighted by atomic mass is 35.5. The molecule has 0 saturated heterocycles. The monoisotopic (exact) mass is 306 g/mol. The van der Waals surface area contributed by atoms with Crippen molar-refractivity contribution in [3.05, 3.63) is 58.4 Å². The number of carbonyl (C=O) groups is 1. The molecule has 0 spiro atoms. The topological polar surface area (TPSA) is 35.5 Å². The van der Waals surface area contributed by atoms with E-state index in [2.05, 4.69) is 0 Å². The van der Waals surface area contributed by atoms with Crippen molar-refractivity contribution in [2.45, 2.75) is 6.42 Å². The Morgan fingerprint density at radius 2 is 2.00 bits per heavy atom. The molecule has 0 amide bonds. The summed E-state index contributed by atoms with van der Waals surface area (Å²) in [6.07, 6.45) is -0.0528. The lowest BCUT2D eigenvalue weighted by molar-refractivity contribution is 0.0980. The number of fused-ring (bicyclic) bond motifs is 1. The highest BCUT2D eigenvalue weighted by molar-refractivity contribution is 6.30. The summed E-state index contributed by atoms with van der Waals surface area (Å²) in [5, 5.41) is 0.303. The number of benzene rings is 2. The summed E-state index contributed by atoms with van der Waals surface area (Å²) in [6, 6.07) is 9.40. The molecule has 108 valence electrons. The normalized spacial score (nSPS) is 13.0. The first kappa shape index (κ1) is 13.9. The Morgan fingerprint density at radius 1 is 1.19 bits per heavy atom. The molecule has 0 radical (unpaired) electrons. The van der Waals surface area contributed by atoms with E-state index in [1.165, 1.54) is 12.1 Å². The van der Waals surface area contributed by atoms with Gasteiger partial charge in [-0.05, 0) is 29.8 Å². The Morgan fingerprint density at radius 3 is 2.81 bits per heavy atom. The molecule has 3 nitrogen and oxygen atoms in total. The third kappa shape index (κ3) is 2.85. The third-order valence-corrected chi connectivity index (χ3v) is 3.47. The standard InChI is InChI=1S/C16H12ClFO3/c17-11-5-4-10(13(18)9-11)8-14(19)12-2-1-3-15-16(12)21-7-6-20-15/h1-5,9H,6-8H2. The van der Waals surface area contributed by atoms with Gasteiger partial charge in [0.2, 0.25) is 0 Å². The summed E-state index contributed by atoms with van der Waals surface area (Å²) in [7, 11) is 0. The second kappa shape index (κ2) is 5.74. The van der Waals surface area contributed by atoms with Crippen LogP contribution in [-0.2, 0) is 6.42 Å². The quantitative estimate of drug-likeness (QED) is 0.812. The second-order valence-corrected chi connectivity index (χ2v) is 5.10. The van der Waals surface area contributed by atoms with Crippen molar-refractivity contribution < 1.29 is 18.7 Å². The van der Waals surface area contributed by atoms with Gasteiger partial charge in [0, 0.05) is 11.4 Å². The molecule has 0 aromatic heterocycles. The highest BCUT2D eigenvalue weighted by Gasteiger charge is 2.21. The molecule has 0 aliphatic carbocycles. The summed E-state index contributed by atoms with van der Waals surface area (Å²) < 4.78 is 24.7. The minimum atomic E-state index is -0.488. The fourth-order valence-electron chi connectivity index (χ4n) is 2.23. The van der Waals surface area contributed by atoms with Gasteiger partial charge >= 0.3 is 0 Å². The SMILES string of the molecule is O=C(Cc1ccc(Cl)cc1F)c1cccc2c1OCCO2. The molecule has 1 aliphatic rings. The van der Waals surface area contributed by atoms with E-state index < -0.39 is 5.82 Å². The van der Waals surface area contributed by atoms with Gasteiger partial charge in [-0.25, -0.2) is 4.39 Å². The van der Waals surface area contributed by atoms with E-state index >= 15 is 0 Å². The van der Waals surface area contributed by atoms with E-state index in [9.17, 15) is 9.18 Å². The molecule has 21 heavy (non-hydrogen) atoms. The number of carbonyl (C=O) groups excluding carboxylic acids is 1. The van der Waals surface area contributed by atoms with Crippen molar-refractivity contribution in [1.82, 2.24) is 0 Å². The van der Waals surface area contributed by atoms with Gasteiger partial charge in [-0.2, -0.15) is 0 Å². The number of para-hydroxylation sites is 1. The first-order valence-electron chi connectivity index (χ1n) is 6.51. The third-order valence-electron chi connectivity index (χ3n) is 3.23. The molecule has 0 atom stereocenters. The zero-order valence-electron chi connectivity index (χ0n) is 11.1. The highest BCUT2D eigenvalue weighted by Crippen LogP contribution is 2.34. The Kier molecular flexibility index (Phi) is 3.80. The number of ketones is 1. The Balaban J connectivity index is 1.89. The van der Waals surface area contributed by atoms with Crippen LogP contribution in [-0.4, -0.2) is 19.0 Å². The van der Waals surface area contributed by atoms with Crippen LogP contribution in [0.4, 0.5) is 4.39 Å². The van der Waals surface area contributed by atoms with Crippen molar-refractivity contribution in [2.24, 2.45) is 0 Å². The summed E-state index contributed by atoms with van der Waals surface area (Å²) in [4.78, 5) is 12.4. The molecule has 0 fully saturated rings. The average Bonchev–Trinajstić information content (AvgIpc) is 2.49. The first-order chi connectivity index (χ1) is 10.1. The van der Waals surface area contributed by atoms with Gasteiger partial charge in [0.15, 0.2) is 17.3 Å². The molecule has 2 aromatic carbocycles. The Bertz CT molecular complexity index is 700. The van der Waals surface area contributed by atoms with Crippen molar-refractivity contribution in [3.8, 4) is 11.5 Å². The van der Waals surface area contributed by atoms with E-state index in [1.54, 1.807) is 24.3 Å². The Hall–Kier alpha value is -2.07. The second-order valence-electron chi connectivity index (χ2n) is 4.67. The maximum atomic E-state index is 13.8. The van der Waals surface area contributed by atoms with Gasteiger partial charge in [-0.3, -0.25) is 4.79 Å². The van der Waals surface area contributed by atoms with Gasteiger partial charge in [0.05, 0.1) is 5.56 Å². The van der Waals surface area contributed by atoms with E-state index in [1.807, 2.05) is 0 Å². The number of hydrogen-bond acceptors (Lipinski definition) is 3. The van der Waals surface area contributed by atoms with Crippen molar-refractivity contribution in [3.63, 3.8) is 0 Å². The molecule has 5 heteroatoms. The molecule has 0 saturated carbocycles. The number of rotatable bonds is 3. The average molecular weight is 307 g/mol. The minimum absolute atomic E-state index is 0.0528. The molecule has 0 N–H and O–H groups in total. The smallest absolute Gasteiger partial charge is 0.172 e. The maximum Gasteiger partial charge on any atom is 0.172 e. The van der Waals surface area contributed by atoms with Gasteiger partial charge < -0.3 is 9.47 Å². The molecule has 1 aliphatic heterocycles. The van der Waals surface area contributed by atoms with Gasteiger partial charge in [-0.1, -0.05) is 23.7 Å². The fraction of sp³-hybridized carbons (Fsp3) is 0.188. The molecular formula is C16H12ClFO3. The minimum Gasteiger partial charge on any atom is -0.486 e. The van der Waals surface area contributed by atoms with Gasteiger partial charge in [0.1, 0.15) is 19.0 Å². The van der Waals surface area contributed by atoms with Crippen LogP contribution in [0.25, 0.3) is 0 Å². The number of ether oxygens (including phenoxy) is 2. The summed E-state index contributed by atoms with van der Waals surface area (Å²) in [5.41, 5.74) is 0.709. The zero-order chi connectivity index (χ0) is 14.8. The summed E-state index contributed by atoms with van der Waals surface area (Å²) >= 11 is 5.70. The first-order valence-corrected chi connectivity index (χ1v) is 6.88. The van der Waals surface area contributed by atoms with Crippen molar-refractivity contribution in [2.75, 3.05) is 13.2 Å². The van der Waals surface area contributed by atoms with Crippen molar-refractivity contribution in [1.29, 1.82) is 0 Å². The summed E-state index contributed by atoms with van der Waals surface area (Å²) in [5.74, 6) is 0.267. The van der Waals surface area contributed by atoms with Crippen LogP contribution in [0.1, 0.15) is 15.9 Å². The van der Waals surface area contributed by atoms with Crippen LogP contribution in [0.5, 0.6) is 11.5 Å². The lowest BCUT2D eigenvalue weighted by Crippen LogP contribution is -2.18. The predicted octanol–water partition coefficient (Wildman–Crippen LogP) is 3.68. The van der Waals surface area contributed by atoms with Crippen LogP contribution in [0, 0.1) is 5.82 Å². The zero-order valence-corrected chi connectivity index (χ0v) is 11.8. The van der Waals surface area contributed by atoms with E-state index in [4.69, 9.17) is 21.1 Å². The molecule has 3 rings (SSSR count). The molecule has 0 unspecified atom stereocenters. The molecule has 1 heterocycles. The van der Waals surface area contributed by atoms with Crippen LogP contribution >= 0.6 is 11.6 Å². The Labute approximate surface area is 126 Å². The molecular weight excluding hydrogens is 295 g/mol. The predicted molar refractivity (Wildman–Crippen MR) is 76.9 cm³/mol. The van der Waals surface area contributed by atoms with Crippen LogP contribution in [0.15, 0.2) is 36.4 Å². The van der Waals surface area contributed by atoms with E-state index in [-0.39, 0.29) is 12.2 Å². The van der Waals surface area contributed by atoms with Crippen LogP contribution in [0.2, 0.25) is 5.02 Å². The molecule has 2 aromatic rings. The summed E-state index contributed by atoms with van der Waals surface area (Å²) in [6.45, 7) is 0.850. The van der Waals surface area contributed by atoms with E-state index in [0.717, 1.165) is 0 Å². The van der Waals surface area contributed by atoms with Crippen molar-refractivity contribution >= 4 is 17.4 Å². The lowest BCUT2D eigenvalue weighted by atomic mass is 10.0. The number of Topliss-reactive ketones (excluding diaryl/α,β-unsaturated/α-hetero) is 1. The van der Waals surface area contributed by atoms with Crippen LogP contribution < -0.4 is 9.47 Å². The van der Waals surface area contributed by atoms with Crippen LogP contribution in [0.3, 0.4) is 0 Å². The van der Waals surface area contributed by atoms with Gasteiger partial charge in [-0.15, -0.1) is 0 Å².